The molecule has 0 bridgehead atoms. The van der Waals surface area contributed by atoms with Gasteiger partial charge in [-0.3, -0.25) is 4.79 Å². The summed E-state index contributed by atoms with van der Waals surface area (Å²) in [6.07, 6.45) is 7.25. The minimum atomic E-state index is -1.61. The largest absolute Gasteiger partial charge is 0.459 e. The Morgan fingerprint density at radius 1 is 1.10 bits per heavy atom. The van der Waals surface area contributed by atoms with Crippen LogP contribution < -0.4 is 0 Å². The second-order valence-corrected chi connectivity index (χ2v) is 13.1. The van der Waals surface area contributed by atoms with E-state index in [4.69, 9.17) is 9.84 Å². The van der Waals surface area contributed by atoms with Crippen molar-refractivity contribution in [3.63, 3.8) is 0 Å². The van der Waals surface area contributed by atoms with E-state index in [1.165, 1.54) is 11.3 Å². The molecular formula is C30H49NO8S. The lowest BCUT2D eigenvalue weighted by Crippen LogP contribution is -2.53. The van der Waals surface area contributed by atoms with Crippen molar-refractivity contribution in [2.75, 3.05) is 13.2 Å². The zero-order chi connectivity index (χ0) is 29.3. The molecule has 0 aromatic carbocycles. The van der Waals surface area contributed by atoms with Gasteiger partial charge in [0.25, 0.3) is 0 Å². The summed E-state index contributed by atoms with van der Waals surface area (Å²) in [6, 6.07) is 3.78. The predicted octanol–water partition coefficient (Wildman–Crippen LogP) is 3.18. The highest BCUT2D eigenvalue weighted by atomic mass is 32.1. The lowest BCUT2D eigenvalue weighted by Gasteiger charge is -2.47. The number of carbonyl (C=O) groups excluding carboxylic acids is 2. The fourth-order valence-electron chi connectivity index (χ4n) is 6.31. The minimum Gasteiger partial charge on any atom is -0.459 e. The average Bonchev–Trinajstić information content (AvgIpc) is 3.58. The maximum Gasteiger partial charge on any atom is 0.348 e. The van der Waals surface area contributed by atoms with Crippen LogP contribution in [0.4, 0.5) is 0 Å². The molecule has 1 aromatic rings. The normalized spacial score (nSPS) is 26.5. The average molecular weight is 584 g/mol. The number of aliphatic hydroxyl groups excluding tert-OH is 5. The number of nitrogens with zero attached hydrogens (tertiary/aromatic N) is 1. The first kappa shape index (κ1) is 32.9. The molecule has 0 unspecified atom stereocenters. The van der Waals surface area contributed by atoms with Crippen molar-refractivity contribution in [1.82, 2.24) is 4.90 Å². The van der Waals surface area contributed by atoms with Crippen LogP contribution in [0, 0.1) is 5.92 Å². The van der Waals surface area contributed by atoms with Crippen molar-refractivity contribution in [3.8, 4) is 0 Å². The second-order valence-electron chi connectivity index (χ2n) is 11.9. The molecule has 1 saturated carbocycles. The van der Waals surface area contributed by atoms with Gasteiger partial charge in [0, 0.05) is 22.9 Å². The van der Waals surface area contributed by atoms with Crippen LogP contribution in [0.2, 0.25) is 0 Å². The molecule has 1 amide bonds. The Balaban J connectivity index is 1.45. The summed E-state index contributed by atoms with van der Waals surface area (Å²) in [5.74, 6) is -0.0387. The van der Waals surface area contributed by atoms with E-state index in [2.05, 4.69) is 18.7 Å². The molecule has 1 aliphatic heterocycles. The van der Waals surface area contributed by atoms with E-state index in [9.17, 15) is 30.0 Å². The molecule has 9 nitrogen and oxygen atoms in total. The fraction of sp³-hybridized carbons (Fsp3) is 0.800. The van der Waals surface area contributed by atoms with Crippen LogP contribution in [-0.2, 0) is 16.0 Å². The Labute approximate surface area is 242 Å². The fourth-order valence-corrected chi connectivity index (χ4v) is 7.26. The van der Waals surface area contributed by atoms with Crippen LogP contribution in [0.1, 0.15) is 105 Å². The van der Waals surface area contributed by atoms with Crippen molar-refractivity contribution in [2.24, 2.45) is 5.92 Å². The van der Waals surface area contributed by atoms with Gasteiger partial charge in [-0.1, -0.05) is 26.2 Å². The Bertz CT molecular complexity index is 931. The highest BCUT2D eigenvalue weighted by molar-refractivity contribution is 7.13. The molecule has 2 heterocycles. The third kappa shape index (κ3) is 8.72. The minimum absolute atomic E-state index is 0.150. The van der Waals surface area contributed by atoms with E-state index >= 15 is 0 Å². The van der Waals surface area contributed by atoms with Crippen molar-refractivity contribution in [1.29, 1.82) is 0 Å². The number of hydrogen-bond acceptors (Lipinski definition) is 9. The number of hydrogen-bond donors (Lipinski definition) is 5. The van der Waals surface area contributed by atoms with Crippen LogP contribution in [0.5, 0.6) is 0 Å². The van der Waals surface area contributed by atoms with E-state index in [0.717, 1.165) is 81.9 Å². The van der Waals surface area contributed by atoms with Gasteiger partial charge in [0.1, 0.15) is 29.8 Å². The van der Waals surface area contributed by atoms with Crippen molar-refractivity contribution >= 4 is 23.2 Å². The molecule has 1 aromatic heterocycles. The van der Waals surface area contributed by atoms with Gasteiger partial charge in [-0.25, -0.2) is 4.79 Å². The number of carbonyl (C=O) groups is 2. The highest BCUT2D eigenvalue weighted by Gasteiger charge is 2.45. The summed E-state index contributed by atoms with van der Waals surface area (Å²) < 4.78 is 5.06. The van der Waals surface area contributed by atoms with Crippen molar-refractivity contribution in [2.45, 2.75) is 133 Å². The third-order valence-corrected chi connectivity index (χ3v) is 9.97. The maximum atomic E-state index is 13.0. The lowest BCUT2D eigenvalue weighted by atomic mass is 9.73. The Kier molecular flexibility index (Phi) is 12.9. The number of likely N-dealkylation sites (tertiary alicyclic amines) is 1. The Morgan fingerprint density at radius 2 is 1.82 bits per heavy atom. The summed E-state index contributed by atoms with van der Waals surface area (Å²) in [5, 5.41) is 48.4. The molecule has 0 radical (unpaired) electrons. The molecule has 2 fully saturated rings. The molecule has 40 heavy (non-hydrogen) atoms. The molecule has 10 heteroatoms. The quantitative estimate of drug-likeness (QED) is 0.147. The molecule has 1 saturated heterocycles. The van der Waals surface area contributed by atoms with Gasteiger partial charge in [0.05, 0.1) is 12.7 Å². The lowest BCUT2D eigenvalue weighted by molar-refractivity contribution is -0.137. The summed E-state index contributed by atoms with van der Waals surface area (Å²) in [6.45, 7) is 3.19. The second kappa shape index (κ2) is 15.6. The van der Waals surface area contributed by atoms with E-state index in [-0.39, 0.29) is 23.6 Å². The van der Waals surface area contributed by atoms with Crippen LogP contribution in [0.15, 0.2) is 12.1 Å². The molecular weight excluding hydrogens is 534 g/mol. The smallest absolute Gasteiger partial charge is 0.348 e. The van der Waals surface area contributed by atoms with Crippen molar-refractivity contribution < 1.29 is 39.9 Å². The SMILES string of the molecule is CCCCC[C@H](O)C1CCC(C)(N2C(=O)CC[C@@H]2CCCc2ccc(C(=O)OC[C@@H](O)[C@@H](O)[C@H](O)CO)s2)CC1. The number of ether oxygens (including phenoxy) is 1. The Morgan fingerprint density at radius 3 is 2.50 bits per heavy atom. The molecule has 5 N–H and O–H groups in total. The van der Waals surface area contributed by atoms with Gasteiger partial charge in [-0.05, 0) is 82.8 Å². The molecule has 1 aliphatic carbocycles. The third-order valence-electron chi connectivity index (χ3n) is 8.85. The van der Waals surface area contributed by atoms with Crippen LogP contribution in [-0.4, -0.2) is 91.5 Å². The van der Waals surface area contributed by atoms with Gasteiger partial charge < -0.3 is 35.2 Å². The highest BCUT2D eigenvalue weighted by Crippen LogP contribution is 2.43. The van der Waals surface area contributed by atoms with Crippen LogP contribution >= 0.6 is 11.3 Å². The van der Waals surface area contributed by atoms with Crippen LogP contribution in [0.3, 0.4) is 0 Å². The number of aliphatic hydroxyl groups is 5. The summed E-state index contributed by atoms with van der Waals surface area (Å²) in [5.41, 5.74) is -0.150. The summed E-state index contributed by atoms with van der Waals surface area (Å²) >= 11 is 1.32. The number of amides is 1. The topological polar surface area (TPSA) is 148 Å². The first-order valence-electron chi connectivity index (χ1n) is 15.0. The van der Waals surface area contributed by atoms with Crippen LogP contribution in [0.25, 0.3) is 0 Å². The number of aryl methyl sites for hydroxylation is 1. The molecule has 5 atom stereocenters. The van der Waals surface area contributed by atoms with E-state index in [0.29, 0.717) is 17.2 Å². The van der Waals surface area contributed by atoms with Gasteiger partial charge in [-0.15, -0.1) is 11.3 Å². The summed E-state index contributed by atoms with van der Waals surface area (Å²) in [7, 11) is 0. The number of thiophene rings is 1. The Hall–Kier alpha value is -1.56. The summed E-state index contributed by atoms with van der Waals surface area (Å²) in [4.78, 5) is 28.9. The zero-order valence-electron chi connectivity index (χ0n) is 24.0. The molecule has 228 valence electrons. The standard InChI is InChI=1S/C30H49NO8S/c1-3-4-5-9-23(33)20-14-16-30(2,17-15-20)31-21(10-13-27(31)36)7-6-8-22-11-12-26(40-22)29(38)39-19-25(35)28(37)24(34)18-32/h11-12,20-21,23-25,28,32-35,37H,3-10,13-19H2,1-2H3/t20?,21-,23-,24+,25+,28-,30?/m0/s1. The van der Waals surface area contributed by atoms with Gasteiger partial charge >= 0.3 is 5.97 Å². The first-order valence-corrected chi connectivity index (χ1v) is 15.8. The monoisotopic (exact) mass is 583 g/mol. The number of esters is 1. The maximum absolute atomic E-state index is 13.0. The molecule has 0 spiro atoms. The van der Waals surface area contributed by atoms with E-state index in [1.54, 1.807) is 6.07 Å². The van der Waals surface area contributed by atoms with Gasteiger partial charge in [0.2, 0.25) is 5.91 Å². The molecule has 3 rings (SSSR count). The molecule has 2 aliphatic rings. The van der Waals surface area contributed by atoms with E-state index in [1.807, 2.05) is 6.07 Å². The zero-order valence-corrected chi connectivity index (χ0v) is 24.9. The number of rotatable bonds is 16. The number of unbranched alkanes of at least 4 members (excludes halogenated alkanes) is 2. The first-order chi connectivity index (χ1) is 19.1. The van der Waals surface area contributed by atoms with Gasteiger partial charge in [0.15, 0.2) is 0 Å². The van der Waals surface area contributed by atoms with Crippen molar-refractivity contribution in [3.05, 3.63) is 21.9 Å². The van der Waals surface area contributed by atoms with Gasteiger partial charge in [-0.2, -0.15) is 0 Å². The predicted molar refractivity (Wildman–Crippen MR) is 153 cm³/mol. The van der Waals surface area contributed by atoms with E-state index < -0.39 is 37.5 Å².